The molecule has 5 heteroatoms. The summed E-state index contributed by atoms with van der Waals surface area (Å²) in [5.41, 5.74) is 0.493. The van der Waals surface area contributed by atoms with E-state index in [1.165, 1.54) is 13.2 Å². The minimum Gasteiger partial charge on any atom is -0.497 e. The van der Waals surface area contributed by atoms with Gasteiger partial charge in [-0.15, -0.1) is 0 Å². The summed E-state index contributed by atoms with van der Waals surface area (Å²) in [7, 11) is 1.46. The molecule has 0 aromatic heterocycles. The highest BCUT2D eigenvalue weighted by Crippen LogP contribution is 2.25. The monoisotopic (exact) mass is 223 g/mol. The number of nitro groups is 1. The fraction of sp³-hybridized carbons (Fsp3) is 0.273. The van der Waals surface area contributed by atoms with Crippen molar-refractivity contribution in [3.8, 4) is 5.75 Å². The van der Waals surface area contributed by atoms with Gasteiger partial charge in [0.15, 0.2) is 0 Å². The molecule has 0 aliphatic heterocycles. The molecule has 0 unspecified atom stereocenters. The first-order chi connectivity index (χ1) is 7.69. The van der Waals surface area contributed by atoms with Gasteiger partial charge in [0.05, 0.1) is 23.7 Å². The number of nitro benzene ring substituents is 1. The van der Waals surface area contributed by atoms with Gasteiger partial charge in [-0.3, -0.25) is 10.1 Å². The van der Waals surface area contributed by atoms with E-state index in [-0.39, 0.29) is 12.3 Å². The molecule has 5 nitrogen and oxygen atoms in total. The SMILES string of the molecule is COc1ccc(C=CCCO)c([N+](=O)[O-])c1. The maximum Gasteiger partial charge on any atom is 0.280 e. The van der Waals surface area contributed by atoms with Gasteiger partial charge in [0.1, 0.15) is 5.75 Å². The molecule has 1 aromatic rings. The largest absolute Gasteiger partial charge is 0.497 e. The number of rotatable bonds is 5. The Bertz CT molecular complexity index is 401. The Hall–Kier alpha value is -1.88. The van der Waals surface area contributed by atoms with E-state index in [9.17, 15) is 10.1 Å². The third-order valence-corrected chi connectivity index (χ3v) is 2.03. The maximum atomic E-state index is 10.8. The zero-order valence-corrected chi connectivity index (χ0v) is 8.92. The molecule has 0 aliphatic carbocycles. The normalized spacial score (nSPS) is 10.6. The zero-order valence-electron chi connectivity index (χ0n) is 8.92. The number of ether oxygens (including phenoxy) is 1. The van der Waals surface area contributed by atoms with Gasteiger partial charge in [-0.2, -0.15) is 0 Å². The molecule has 0 saturated carbocycles. The molecule has 16 heavy (non-hydrogen) atoms. The molecule has 0 atom stereocenters. The highest BCUT2D eigenvalue weighted by atomic mass is 16.6. The standard InChI is InChI=1S/C11H13NO4/c1-16-10-6-5-9(4-2-3-7-13)11(8-10)12(14)15/h2,4-6,8,13H,3,7H2,1H3. The Morgan fingerprint density at radius 2 is 2.31 bits per heavy atom. The number of nitrogens with zero attached hydrogens (tertiary/aromatic N) is 1. The van der Waals surface area contributed by atoms with Gasteiger partial charge in [0.2, 0.25) is 0 Å². The van der Waals surface area contributed by atoms with Crippen molar-refractivity contribution < 1.29 is 14.8 Å². The zero-order chi connectivity index (χ0) is 12.0. The quantitative estimate of drug-likeness (QED) is 0.612. The van der Waals surface area contributed by atoms with Crippen molar-refractivity contribution in [2.24, 2.45) is 0 Å². The molecule has 1 rings (SSSR count). The Morgan fingerprint density at radius 3 is 2.88 bits per heavy atom. The average molecular weight is 223 g/mol. The summed E-state index contributed by atoms with van der Waals surface area (Å²) < 4.78 is 4.92. The summed E-state index contributed by atoms with van der Waals surface area (Å²) in [6, 6.07) is 4.65. The molecular weight excluding hydrogens is 210 g/mol. The molecule has 1 aromatic carbocycles. The number of hydrogen-bond acceptors (Lipinski definition) is 4. The van der Waals surface area contributed by atoms with E-state index >= 15 is 0 Å². The van der Waals surface area contributed by atoms with Crippen LogP contribution in [-0.2, 0) is 0 Å². The first-order valence-electron chi connectivity index (χ1n) is 4.79. The second-order valence-electron chi connectivity index (χ2n) is 3.10. The molecule has 0 heterocycles. The molecule has 0 spiro atoms. The maximum absolute atomic E-state index is 10.8. The molecule has 0 amide bonds. The minimum absolute atomic E-state index is 0.00598. The van der Waals surface area contributed by atoms with E-state index in [0.29, 0.717) is 17.7 Å². The fourth-order valence-electron chi connectivity index (χ4n) is 1.23. The van der Waals surface area contributed by atoms with Crippen LogP contribution in [-0.4, -0.2) is 23.7 Å². The lowest BCUT2D eigenvalue weighted by atomic mass is 10.1. The summed E-state index contributed by atoms with van der Waals surface area (Å²) >= 11 is 0. The van der Waals surface area contributed by atoms with Gasteiger partial charge in [-0.05, 0) is 18.6 Å². The van der Waals surface area contributed by atoms with Crippen LogP contribution in [0, 0.1) is 10.1 Å². The van der Waals surface area contributed by atoms with E-state index in [0.717, 1.165) is 0 Å². The van der Waals surface area contributed by atoms with Gasteiger partial charge in [-0.25, -0.2) is 0 Å². The second-order valence-corrected chi connectivity index (χ2v) is 3.10. The van der Waals surface area contributed by atoms with Crippen molar-refractivity contribution in [2.75, 3.05) is 13.7 Å². The van der Waals surface area contributed by atoms with E-state index in [4.69, 9.17) is 9.84 Å². The van der Waals surface area contributed by atoms with Gasteiger partial charge >= 0.3 is 0 Å². The second kappa shape index (κ2) is 5.87. The lowest BCUT2D eigenvalue weighted by Crippen LogP contribution is -1.93. The Balaban J connectivity index is 3.03. The number of aliphatic hydroxyl groups excluding tert-OH is 1. The summed E-state index contributed by atoms with van der Waals surface area (Å²) in [6.07, 6.45) is 3.78. The minimum atomic E-state index is -0.457. The third kappa shape index (κ3) is 3.06. The van der Waals surface area contributed by atoms with Crippen LogP contribution in [0.1, 0.15) is 12.0 Å². The van der Waals surface area contributed by atoms with Crippen LogP contribution in [0.3, 0.4) is 0 Å². The fourth-order valence-corrected chi connectivity index (χ4v) is 1.23. The lowest BCUT2D eigenvalue weighted by molar-refractivity contribution is -0.385. The van der Waals surface area contributed by atoms with Crippen LogP contribution in [0.15, 0.2) is 24.3 Å². The van der Waals surface area contributed by atoms with E-state index in [2.05, 4.69) is 0 Å². The number of methoxy groups -OCH3 is 1. The van der Waals surface area contributed by atoms with Crippen LogP contribution >= 0.6 is 0 Å². The molecule has 86 valence electrons. The molecule has 0 saturated heterocycles. The van der Waals surface area contributed by atoms with Gasteiger partial charge in [0, 0.05) is 6.61 Å². The Labute approximate surface area is 93.1 Å². The van der Waals surface area contributed by atoms with Gasteiger partial charge in [-0.1, -0.05) is 12.2 Å². The van der Waals surface area contributed by atoms with E-state index < -0.39 is 4.92 Å². The van der Waals surface area contributed by atoms with Crippen LogP contribution in [0.25, 0.3) is 6.08 Å². The number of aliphatic hydroxyl groups is 1. The van der Waals surface area contributed by atoms with Crippen LogP contribution in [0.4, 0.5) is 5.69 Å². The molecule has 0 bridgehead atoms. The lowest BCUT2D eigenvalue weighted by Gasteiger charge is -2.01. The molecule has 0 radical (unpaired) electrons. The molecule has 0 fully saturated rings. The van der Waals surface area contributed by atoms with Gasteiger partial charge in [0.25, 0.3) is 5.69 Å². The highest BCUT2D eigenvalue weighted by molar-refractivity contribution is 5.62. The Morgan fingerprint density at radius 1 is 1.56 bits per heavy atom. The molecule has 1 N–H and O–H groups in total. The van der Waals surface area contributed by atoms with Crippen LogP contribution in [0.2, 0.25) is 0 Å². The Kier molecular flexibility index (Phi) is 4.47. The van der Waals surface area contributed by atoms with Crippen molar-refractivity contribution in [2.45, 2.75) is 6.42 Å². The predicted octanol–water partition coefficient (Wildman–Crippen LogP) is 2.00. The van der Waals surface area contributed by atoms with E-state index in [1.54, 1.807) is 24.3 Å². The topological polar surface area (TPSA) is 72.6 Å². The first kappa shape index (κ1) is 12.2. The smallest absolute Gasteiger partial charge is 0.280 e. The molecular formula is C11H13NO4. The summed E-state index contributed by atoms with van der Waals surface area (Å²) in [4.78, 5) is 10.3. The van der Waals surface area contributed by atoms with Crippen molar-refractivity contribution in [1.29, 1.82) is 0 Å². The van der Waals surface area contributed by atoms with Crippen molar-refractivity contribution in [3.63, 3.8) is 0 Å². The summed E-state index contributed by atoms with van der Waals surface area (Å²) in [6.45, 7) is 0.0282. The van der Waals surface area contributed by atoms with Crippen molar-refractivity contribution in [3.05, 3.63) is 40.0 Å². The summed E-state index contributed by atoms with van der Waals surface area (Å²) in [5.74, 6) is 0.450. The summed E-state index contributed by atoms with van der Waals surface area (Å²) in [5, 5.41) is 19.4. The number of hydrogen-bond donors (Lipinski definition) is 1. The van der Waals surface area contributed by atoms with Crippen LogP contribution in [0.5, 0.6) is 5.75 Å². The third-order valence-electron chi connectivity index (χ3n) is 2.03. The van der Waals surface area contributed by atoms with E-state index in [1.807, 2.05) is 0 Å². The first-order valence-corrected chi connectivity index (χ1v) is 4.79. The molecule has 0 aliphatic rings. The van der Waals surface area contributed by atoms with Gasteiger partial charge < -0.3 is 9.84 Å². The van der Waals surface area contributed by atoms with Crippen molar-refractivity contribution in [1.82, 2.24) is 0 Å². The van der Waals surface area contributed by atoms with Crippen LogP contribution < -0.4 is 4.74 Å². The predicted molar refractivity (Wildman–Crippen MR) is 60.4 cm³/mol. The highest BCUT2D eigenvalue weighted by Gasteiger charge is 2.12. The average Bonchev–Trinajstić information content (AvgIpc) is 2.29. The van der Waals surface area contributed by atoms with Crippen molar-refractivity contribution >= 4 is 11.8 Å². The number of benzene rings is 1.